The summed E-state index contributed by atoms with van der Waals surface area (Å²) in [5.41, 5.74) is 1.44. The average Bonchev–Trinajstić information content (AvgIpc) is 2.96. The van der Waals surface area contributed by atoms with Crippen LogP contribution in [0.5, 0.6) is 0 Å². The van der Waals surface area contributed by atoms with Crippen molar-refractivity contribution in [3.63, 3.8) is 0 Å². The summed E-state index contributed by atoms with van der Waals surface area (Å²) in [5.74, 6) is 0. The van der Waals surface area contributed by atoms with E-state index in [0.717, 1.165) is 0 Å². The highest BCUT2D eigenvalue weighted by Crippen LogP contribution is 2.13. The molecule has 0 atom stereocenters. The first kappa shape index (κ1) is 16.1. The molecule has 0 N–H and O–H groups in total. The lowest BCUT2D eigenvalue weighted by molar-refractivity contribution is -0.500. The normalized spacial score (nSPS) is 20.4. The number of halogens is 4. The fraction of sp³-hybridized carbons (Fsp3) is 0.750. The molecule has 0 saturated carbocycles. The van der Waals surface area contributed by atoms with Gasteiger partial charge in [0.1, 0.15) is 13.1 Å². The minimum atomic E-state index is -6.00. The van der Waals surface area contributed by atoms with Crippen molar-refractivity contribution in [1.29, 1.82) is 0 Å². The van der Waals surface area contributed by atoms with E-state index in [1.165, 1.54) is 57.6 Å². The van der Waals surface area contributed by atoms with Gasteiger partial charge in [0.05, 0.1) is 0 Å². The largest absolute Gasteiger partial charge is 0.673 e. The lowest BCUT2D eigenvalue weighted by Crippen LogP contribution is -2.17. The molecule has 2 nitrogen and oxygen atoms in total. The van der Waals surface area contributed by atoms with E-state index in [4.69, 9.17) is 0 Å². The molecule has 110 valence electrons. The molecule has 2 aliphatic heterocycles. The number of rotatable bonds is 2. The SMILES string of the molecule is C/C(=C\C=[N+]1CCCC1)N1CCCC1.F[B-](F)(F)F. The van der Waals surface area contributed by atoms with E-state index in [1.807, 2.05) is 0 Å². The third kappa shape index (κ3) is 7.90. The van der Waals surface area contributed by atoms with Gasteiger partial charge in [-0.15, -0.1) is 0 Å². The van der Waals surface area contributed by atoms with Crippen LogP contribution in [0.25, 0.3) is 0 Å². The highest BCUT2D eigenvalue weighted by atomic mass is 19.5. The van der Waals surface area contributed by atoms with Gasteiger partial charge < -0.3 is 22.2 Å². The first-order chi connectivity index (χ1) is 8.86. The van der Waals surface area contributed by atoms with Crippen LogP contribution in [0.4, 0.5) is 17.3 Å². The van der Waals surface area contributed by atoms with Crippen molar-refractivity contribution in [2.45, 2.75) is 32.6 Å². The summed E-state index contributed by atoms with van der Waals surface area (Å²) in [6, 6.07) is 0. The minimum absolute atomic E-state index is 1.25. The summed E-state index contributed by atoms with van der Waals surface area (Å²) in [6.45, 7) is 7.26. The van der Waals surface area contributed by atoms with Gasteiger partial charge in [-0.2, -0.15) is 0 Å². The van der Waals surface area contributed by atoms with Crippen LogP contribution in [0.3, 0.4) is 0 Å². The molecule has 0 amide bonds. The van der Waals surface area contributed by atoms with Gasteiger partial charge in [-0.1, -0.05) is 0 Å². The predicted octanol–water partition coefficient (Wildman–Crippen LogP) is 3.16. The van der Waals surface area contributed by atoms with E-state index >= 15 is 0 Å². The Morgan fingerprint density at radius 2 is 1.47 bits per heavy atom. The number of nitrogens with zero attached hydrogens (tertiary/aromatic N) is 2. The standard InChI is InChI=1S/C12H21N2.BF4/c1-12(14-9-4-5-10-14)6-11-13-7-2-3-8-13;2-1(3,4)5/h6,11H,2-5,7-10H2,1H3;/q+1;-1. The van der Waals surface area contributed by atoms with Crippen LogP contribution in [-0.2, 0) is 0 Å². The number of allylic oxidation sites excluding steroid dienone is 2. The molecule has 0 unspecified atom stereocenters. The van der Waals surface area contributed by atoms with Crippen molar-refractivity contribution in [3.05, 3.63) is 11.8 Å². The maximum absolute atomic E-state index is 9.75. The van der Waals surface area contributed by atoms with Crippen LogP contribution in [-0.4, -0.2) is 49.1 Å². The third-order valence-electron chi connectivity index (χ3n) is 3.27. The van der Waals surface area contributed by atoms with Gasteiger partial charge >= 0.3 is 7.25 Å². The molecule has 7 heteroatoms. The molecule has 2 heterocycles. The summed E-state index contributed by atoms with van der Waals surface area (Å²) in [5, 5.41) is 0. The van der Waals surface area contributed by atoms with Gasteiger partial charge in [0.25, 0.3) is 0 Å². The van der Waals surface area contributed by atoms with E-state index in [-0.39, 0.29) is 0 Å². The average molecular weight is 280 g/mol. The second-order valence-electron chi connectivity index (χ2n) is 4.89. The highest BCUT2D eigenvalue weighted by molar-refractivity contribution is 6.50. The van der Waals surface area contributed by atoms with Gasteiger partial charge in [-0.3, -0.25) is 0 Å². The topological polar surface area (TPSA) is 6.25 Å². The van der Waals surface area contributed by atoms with Crippen molar-refractivity contribution in [2.24, 2.45) is 0 Å². The fourth-order valence-electron chi connectivity index (χ4n) is 2.28. The maximum atomic E-state index is 9.75. The zero-order chi connectivity index (χ0) is 14.3. The smallest absolute Gasteiger partial charge is 0.418 e. The van der Waals surface area contributed by atoms with Crippen LogP contribution in [0.1, 0.15) is 32.6 Å². The Labute approximate surface area is 111 Å². The summed E-state index contributed by atoms with van der Waals surface area (Å²) >= 11 is 0. The quantitative estimate of drug-likeness (QED) is 0.428. The van der Waals surface area contributed by atoms with Gasteiger partial charge in [0, 0.05) is 37.7 Å². The second-order valence-corrected chi connectivity index (χ2v) is 4.89. The van der Waals surface area contributed by atoms with E-state index in [1.54, 1.807) is 0 Å². The molecule has 0 spiro atoms. The Balaban J connectivity index is 0.000000312. The molecular weight excluding hydrogens is 259 g/mol. The van der Waals surface area contributed by atoms with Gasteiger partial charge in [-0.25, -0.2) is 4.58 Å². The molecular formula is C12H21BF4N2. The maximum Gasteiger partial charge on any atom is 0.673 e. The third-order valence-corrected chi connectivity index (χ3v) is 3.27. The van der Waals surface area contributed by atoms with Crippen LogP contribution in [0.15, 0.2) is 11.8 Å². The van der Waals surface area contributed by atoms with Gasteiger partial charge in [0.2, 0.25) is 0 Å². The zero-order valence-corrected chi connectivity index (χ0v) is 11.3. The van der Waals surface area contributed by atoms with Gasteiger partial charge in [-0.05, 0) is 19.8 Å². The molecule has 0 aromatic heterocycles. The molecule has 2 rings (SSSR count). The molecule has 0 aliphatic carbocycles. The van der Waals surface area contributed by atoms with Crippen molar-refractivity contribution >= 4 is 13.5 Å². The lowest BCUT2D eigenvalue weighted by atomic mass is 10.3. The van der Waals surface area contributed by atoms with E-state index in [0.29, 0.717) is 0 Å². The van der Waals surface area contributed by atoms with Crippen molar-refractivity contribution in [3.8, 4) is 0 Å². The monoisotopic (exact) mass is 280 g/mol. The van der Waals surface area contributed by atoms with Crippen LogP contribution in [0, 0.1) is 0 Å². The van der Waals surface area contributed by atoms with Crippen molar-refractivity contribution < 1.29 is 21.8 Å². The Morgan fingerprint density at radius 3 is 1.95 bits per heavy atom. The fourth-order valence-corrected chi connectivity index (χ4v) is 2.28. The number of hydrogen-bond acceptors (Lipinski definition) is 1. The predicted molar refractivity (Wildman–Crippen MR) is 70.0 cm³/mol. The van der Waals surface area contributed by atoms with Crippen molar-refractivity contribution in [2.75, 3.05) is 26.2 Å². The summed E-state index contributed by atoms with van der Waals surface area (Å²) in [4.78, 5) is 2.49. The molecule has 0 aromatic carbocycles. The van der Waals surface area contributed by atoms with E-state index < -0.39 is 7.25 Å². The van der Waals surface area contributed by atoms with Crippen LogP contribution >= 0.6 is 0 Å². The van der Waals surface area contributed by atoms with Crippen LogP contribution < -0.4 is 0 Å². The van der Waals surface area contributed by atoms with E-state index in [2.05, 4.69) is 28.7 Å². The minimum Gasteiger partial charge on any atom is -0.418 e. The highest BCUT2D eigenvalue weighted by Gasteiger charge is 2.20. The zero-order valence-electron chi connectivity index (χ0n) is 11.3. The van der Waals surface area contributed by atoms with Crippen LogP contribution in [0.2, 0.25) is 0 Å². The molecule has 2 aliphatic rings. The number of hydrogen-bond donors (Lipinski definition) is 0. The summed E-state index contributed by atoms with van der Waals surface area (Å²) < 4.78 is 41.4. The first-order valence-corrected chi connectivity index (χ1v) is 6.74. The molecule has 19 heavy (non-hydrogen) atoms. The van der Waals surface area contributed by atoms with Gasteiger partial charge in [0.15, 0.2) is 6.21 Å². The Hall–Kier alpha value is -1.01. The van der Waals surface area contributed by atoms with Crippen molar-refractivity contribution in [1.82, 2.24) is 4.90 Å². The summed E-state index contributed by atoms with van der Waals surface area (Å²) in [6.07, 6.45) is 10.0. The Bertz CT molecular complexity index is 319. The molecule has 0 bridgehead atoms. The summed E-state index contributed by atoms with van der Waals surface area (Å²) in [7, 11) is -6.00. The second kappa shape index (κ2) is 7.55. The molecule has 0 radical (unpaired) electrons. The lowest BCUT2D eigenvalue weighted by Gasteiger charge is -2.16. The molecule has 0 aromatic rings. The molecule has 2 fully saturated rings. The Morgan fingerprint density at radius 1 is 1.00 bits per heavy atom. The van der Waals surface area contributed by atoms with E-state index in [9.17, 15) is 17.3 Å². The molecule has 2 saturated heterocycles. The number of likely N-dealkylation sites (tertiary alicyclic amines) is 1. The first-order valence-electron chi connectivity index (χ1n) is 6.74. The Kier molecular flexibility index (Phi) is 6.38.